The molecule has 4 heteroatoms. The Bertz CT molecular complexity index is 2810. The van der Waals surface area contributed by atoms with Crippen molar-refractivity contribution in [2.75, 3.05) is 4.90 Å². The van der Waals surface area contributed by atoms with Crippen molar-refractivity contribution in [3.8, 4) is 67.1 Å². The van der Waals surface area contributed by atoms with Gasteiger partial charge >= 0.3 is 0 Å². The SMILES string of the molecule is Cc1cc(-c2ccccc2)ccc1N1c2cc(-c3ccc4c(c3)[Si](C)(C)c3ccccc3-4)ccc2Oc2ccc(-c3ccc4c(c3)[Si](C)(C)c3ccccc3-4)cc21. The van der Waals surface area contributed by atoms with Crippen molar-refractivity contribution < 1.29 is 4.74 Å². The molecule has 2 nitrogen and oxygen atoms in total. The van der Waals surface area contributed by atoms with E-state index in [-0.39, 0.29) is 0 Å². The van der Waals surface area contributed by atoms with Gasteiger partial charge in [-0.05, 0) is 125 Å². The van der Waals surface area contributed by atoms with Gasteiger partial charge in [-0.1, -0.05) is 160 Å². The molecule has 0 spiro atoms. The van der Waals surface area contributed by atoms with Gasteiger partial charge in [0.2, 0.25) is 0 Å². The van der Waals surface area contributed by atoms with E-state index >= 15 is 0 Å². The van der Waals surface area contributed by atoms with Crippen LogP contribution in [0.2, 0.25) is 26.2 Å². The van der Waals surface area contributed by atoms with Crippen molar-refractivity contribution in [2.24, 2.45) is 0 Å². The fourth-order valence-electron chi connectivity index (χ4n) is 9.91. The normalized spacial score (nSPS) is 14.8. The zero-order valence-electron chi connectivity index (χ0n) is 33.0. The van der Waals surface area contributed by atoms with Crippen LogP contribution in [0.1, 0.15) is 5.56 Å². The molecule has 274 valence electrons. The van der Waals surface area contributed by atoms with E-state index in [0.717, 1.165) is 28.6 Å². The van der Waals surface area contributed by atoms with E-state index < -0.39 is 16.1 Å². The van der Waals surface area contributed by atoms with Crippen LogP contribution in [0.25, 0.3) is 55.6 Å². The molecule has 0 amide bonds. The molecule has 0 N–H and O–H groups in total. The zero-order valence-corrected chi connectivity index (χ0v) is 35.0. The second-order valence-corrected chi connectivity index (χ2v) is 25.7. The lowest BCUT2D eigenvalue weighted by Crippen LogP contribution is -2.49. The second-order valence-electron chi connectivity index (χ2n) is 17.0. The van der Waals surface area contributed by atoms with Gasteiger partial charge in [0.05, 0.1) is 11.4 Å². The minimum Gasteiger partial charge on any atom is -0.453 e. The van der Waals surface area contributed by atoms with Crippen LogP contribution in [0.5, 0.6) is 11.5 Å². The summed E-state index contributed by atoms with van der Waals surface area (Å²) in [7, 11) is -3.67. The lowest BCUT2D eigenvalue weighted by molar-refractivity contribution is 0.477. The third-order valence-electron chi connectivity index (χ3n) is 13.0. The molecule has 8 aromatic rings. The second kappa shape index (κ2) is 12.4. The maximum absolute atomic E-state index is 6.81. The molecule has 0 fully saturated rings. The average Bonchev–Trinajstić information content (AvgIpc) is 3.62. The Labute approximate surface area is 337 Å². The fourth-order valence-corrected chi connectivity index (χ4v) is 16.1. The molecular weight excluding hydrogens is 723 g/mol. The molecule has 57 heavy (non-hydrogen) atoms. The van der Waals surface area contributed by atoms with Gasteiger partial charge in [-0.15, -0.1) is 0 Å². The van der Waals surface area contributed by atoms with Gasteiger partial charge in [0.15, 0.2) is 11.5 Å². The molecular formula is C53H43NOSi2. The van der Waals surface area contributed by atoms with Crippen molar-refractivity contribution in [1.82, 2.24) is 0 Å². The molecule has 0 saturated heterocycles. The number of nitrogens with zero attached hydrogens (tertiary/aromatic N) is 1. The average molecular weight is 766 g/mol. The Kier molecular flexibility index (Phi) is 7.41. The standard InChI is InChI=1S/C53H43NOSi2/c1-34-29-36(35-13-7-6-8-14-35)21-26-45(34)54-46-30-37(39-19-24-43-41-15-9-11-17-50(41)56(2,3)52(43)32-39)22-27-48(46)55-49-28-23-38(31-47(49)54)40-20-25-44-42-16-10-12-18-51(42)57(4,5)53(44)33-40/h6-33H,1-5H3. The van der Waals surface area contributed by atoms with E-state index in [9.17, 15) is 0 Å². The third-order valence-corrected chi connectivity index (χ3v) is 20.1. The number of benzene rings is 8. The lowest BCUT2D eigenvalue weighted by Gasteiger charge is -2.34. The first kappa shape index (κ1) is 34.1. The van der Waals surface area contributed by atoms with Crippen molar-refractivity contribution in [3.63, 3.8) is 0 Å². The van der Waals surface area contributed by atoms with Crippen LogP contribution in [-0.2, 0) is 0 Å². The van der Waals surface area contributed by atoms with Gasteiger partial charge in [-0.25, -0.2) is 0 Å². The van der Waals surface area contributed by atoms with Crippen molar-refractivity contribution in [2.45, 2.75) is 33.1 Å². The highest BCUT2D eigenvalue weighted by Crippen LogP contribution is 2.53. The summed E-state index contributed by atoms with van der Waals surface area (Å²) in [5.74, 6) is 1.72. The van der Waals surface area contributed by atoms with Crippen LogP contribution in [0.15, 0.2) is 170 Å². The van der Waals surface area contributed by atoms with Gasteiger partial charge in [0.1, 0.15) is 16.1 Å². The first-order valence-electron chi connectivity index (χ1n) is 20.1. The van der Waals surface area contributed by atoms with Crippen molar-refractivity contribution >= 4 is 54.0 Å². The van der Waals surface area contributed by atoms with Crippen molar-refractivity contribution in [3.05, 3.63) is 175 Å². The molecule has 8 aromatic carbocycles. The highest BCUT2D eigenvalue weighted by atomic mass is 28.3. The topological polar surface area (TPSA) is 12.5 Å². The highest BCUT2D eigenvalue weighted by molar-refractivity contribution is 7.04. The summed E-state index contributed by atoms with van der Waals surface area (Å²) >= 11 is 0. The van der Waals surface area contributed by atoms with Gasteiger partial charge < -0.3 is 9.64 Å². The molecule has 3 heterocycles. The Morgan fingerprint density at radius 2 is 0.772 bits per heavy atom. The fraction of sp³-hybridized carbons (Fsp3) is 0.0943. The quantitative estimate of drug-likeness (QED) is 0.165. The summed E-state index contributed by atoms with van der Waals surface area (Å²) in [6.07, 6.45) is 0. The van der Waals surface area contributed by atoms with E-state index in [0.29, 0.717) is 0 Å². The van der Waals surface area contributed by atoms with Crippen LogP contribution in [0.4, 0.5) is 17.1 Å². The molecule has 3 aliphatic rings. The number of hydrogen-bond acceptors (Lipinski definition) is 2. The van der Waals surface area contributed by atoms with E-state index in [4.69, 9.17) is 4.74 Å². The van der Waals surface area contributed by atoms with Gasteiger partial charge in [-0.3, -0.25) is 0 Å². The predicted octanol–water partition coefficient (Wildman–Crippen LogP) is 12.2. The van der Waals surface area contributed by atoms with Crippen LogP contribution in [0.3, 0.4) is 0 Å². The molecule has 0 saturated carbocycles. The van der Waals surface area contributed by atoms with Crippen molar-refractivity contribution in [1.29, 1.82) is 0 Å². The monoisotopic (exact) mass is 765 g/mol. The van der Waals surface area contributed by atoms with Gasteiger partial charge in [0, 0.05) is 5.69 Å². The Balaban J connectivity index is 1.06. The highest BCUT2D eigenvalue weighted by Gasteiger charge is 2.39. The minimum atomic E-state index is -1.83. The first-order valence-corrected chi connectivity index (χ1v) is 26.1. The summed E-state index contributed by atoms with van der Waals surface area (Å²) < 4.78 is 6.81. The molecule has 3 aliphatic heterocycles. The third kappa shape index (κ3) is 5.14. The smallest absolute Gasteiger partial charge is 0.151 e. The lowest BCUT2D eigenvalue weighted by atomic mass is 9.97. The Morgan fingerprint density at radius 1 is 0.351 bits per heavy atom. The van der Waals surface area contributed by atoms with Crippen LogP contribution >= 0.6 is 0 Å². The van der Waals surface area contributed by atoms with E-state index in [1.165, 1.54) is 81.9 Å². The summed E-state index contributed by atoms with van der Waals surface area (Å²) in [5.41, 5.74) is 17.3. The van der Waals surface area contributed by atoms with Crippen LogP contribution in [-0.4, -0.2) is 16.1 Å². The number of ether oxygens (including phenoxy) is 1. The summed E-state index contributed by atoms with van der Waals surface area (Å²) in [4.78, 5) is 2.44. The zero-order chi connectivity index (χ0) is 38.6. The minimum absolute atomic E-state index is 0.858. The van der Waals surface area contributed by atoms with E-state index in [2.05, 4.69) is 208 Å². The summed E-state index contributed by atoms with van der Waals surface area (Å²) in [5, 5.41) is 6.08. The number of fused-ring (bicyclic) bond motifs is 8. The first-order chi connectivity index (χ1) is 27.7. The van der Waals surface area contributed by atoms with Gasteiger partial charge in [0.25, 0.3) is 0 Å². The molecule has 0 radical (unpaired) electrons. The Hall–Kier alpha value is -6.21. The Morgan fingerprint density at radius 3 is 1.30 bits per heavy atom. The maximum atomic E-state index is 6.81. The van der Waals surface area contributed by atoms with E-state index in [1.807, 2.05) is 0 Å². The van der Waals surface area contributed by atoms with Crippen LogP contribution in [0, 0.1) is 6.92 Å². The number of aryl methyl sites for hydroxylation is 1. The molecule has 0 unspecified atom stereocenters. The molecule has 0 aromatic heterocycles. The summed E-state index contributed by atoms with van der Waals surface area (Å²) in [6.45, 7) is 12.2. The predicted molar refractivity (Wildman–Crippen MR) is 247 cm³/mol. The number of anilines is 3. The number of hydrogen-bond donors (Lipinski definition) is 0. The number of rotatable bonds is 4. The largest absolute Gasteiger partial charge is 0.453 e. The molecule has 0 bridgehead atoms. The summed E-state index contributed by atoms with van der Waals surface area (Å²) in [6, 6.07) is 63.3. The molecule has 0 aliphatic carbocycles. The maximum Gasteiger partial charge on any atom is 0.151 e. The molecule has 0 atom stereocenters. The van der Waals surface area contributed by atoms with Gasteiger partial charge in [-0.2, -0.15) is 0 Å². The van der Waals surface area contributed by atoms with E-state index in [1.54, 1.807) is 0 Å². The molecule has 11 rings (SSSR count). The van der Waals surface area contributed by atoms with Crippen LogP contribution < -0.4 is 30.4 Å².